The normalized spacial score (nSPS) is 16.2. The number of carbonyl (C=O) groups excluding carboxylic acids is 1. The number of hydrogen-bond donors (Lipinski definition) is 0. The molecule has 3 rings (SSSR count). The SMILES string of the molecule is C=C(c1ccc(C(=O)OCC)cc1)C1CN=C(c2ccccc2)O1. The van der Waals surface area contributed by atoms with E-state index in [9.17, 15) is 4.79 Å². The molecule has 0 aromatic heterocycles. The van der Waals surface area contributed by atoms with Crippen LogP contribution in [0.2, 0.25) is 0 Å². The van der Waals surface area contributed by atoms with E-state index in [1.165, 1.54) is 0 Å². The smallest absolute Gasteiger partial charge is 0.338 e. The molecule has 24 heavy (non-hydrogen) atoms. The molecule has 0 bridgehead atoms. The van der Waals surface area contributed by atoms with Crippen molar-refractivity contribution in [2.45, 2.75) is 13.0 Å². The van der Waals surface area contributed by atoms with E-state index in [1.54, 1.807) is 19.1 Å². The molecule has 4 nitrogen and oxygen atoms in total. The Morgan fingerprint density at radius 3 is 2.50 bits per heavy atom. The Kier molecular flexibility index (Phi) is 4.75. The van der Waals surface area contributed by atoms with Crippen LogP contribution in [-0.4, -0.2) is 31.1 Å². The highest BCUT2D eigenvalue weighted by atomic mass is 16.5. The lowest BCUT2D eigenvalue weighted by Crippen LogP contribution is -2.15. The van der Waals surface area contributed by atoms with Crippen molar-refractivity contribution in [2.75, 3.05) is 13.2 Å². The van der Waals surface area contributed by atoms with Crippen LogP contribution in [0.5, 0.6) is 0 Å². The van der Waals surface area contributed by atoms with Gasteiger partial charge in [0.05, 0.1) is 18.7 Å². The molecule has 0 saturated heterocycles. The van der Waals surface area contributed by atoms with Crippen molar-refractivity contribution < 1.29 is 14.3 Å². The predicted molar refractivity (Wildman–Crippen MR) is 94.2 cm³/mol. The number of aliphatic imine (C=N–C) groups is 1. The molecule has 0 radical (unpaired) electrons. The largest absolute Gasteiger partial charge is 0.467 e. The molecule has 0 aliphatic carbocycles. The molecule has 1 aliphatic heterocycles. The van der Waals surface area contributed by atoms with Crippen LogP contribution < -0.4 is 0 Å². The Hall–Kier alpha value is -2.88. The van der Waals surface area contributed by atoms with Crippen LogP contribution in [0, 0.1) is 0 Å². The number of hydrogen-bond acceptors (Lipinski definition) is 4. The highest BCUT2D eigenvalue weighted by Gasteiger charge is 2.24. The topological polar surface area (TPSA) is 47.9 Å². The van der Waals surface area contributed by atoms with Gasteiger partial charge in [-0.05, 0) is 42.3 Å². The maximum atomic E-state index is 11.7. The van der Waals surface area contributed by atoms with Crippen molar-refractivity contribution in [1.29, 1.82) is 0 Å². The molecule has 122 valence electrons. The maximum absolute atomic E-state index is 11.7. The van der Waals surface area contributed by atoms with Gasteiger partial charge in [0.15, 0.2) is 0 Å². The van der Waals surface area contributed by atoms with Gasteiger partial charge >= 0.3 is 5.97 Å². The molecule has 0 N–H and O–H groups in total. The predicted octanol–water partition coefficient (Wildman–Crippen LogP) is 3.72. The summed E-state index contributed by atoms with van der Waals surface area (Å²) in [5.74, 6) is 0.325. The van der Waals surface area contributed by atoms with E-state index >= 15 is 0 Å². The fourth-order valence-electron chi connectivity index (χ4n) is 2.52. The maximum Gasteiger partial charge on any atom is 0.338 e. The average molecular weight is 321 g/mol. The standard InChI is InChI=1S/C20H19NO3/c1-3-23-20(22)17-11-9-15(10-12-17)14(2)18-13-21-19(24-18)16-7-5-4-6-8-16/h4-12,18H,2-3,13H2,1H3. The first-order valence-corrected chi connectivity index (χ1v) is 7.92. The van der Waals surface area contributed by atoms with E-state index in [0.717, 1.165) is 16.7 Å². The van der Waals surface area contributed by atoms with Gasteiger partial charge in [-0.25, -0.2) is 9.79 Å². The van der Waals surface area contributed by atoms with Gasteiger partial charge in [-0.15, -0.1) is 0 Å². The molecule has 0 fully saturated rings. The fraction of sp³-hybridized carbons (Fsp3) is 0.200. The number of nitrogens with zero attached hydrogens (tertiary/aromatic N) is 1. The highest BCUT2D eigenvalue weighted by molar-refractivity contribution is 5.96. The second-order valence-corrected chi connectivity index (χ2v) is 5.44. The summed E-state index contributed by atoms with van der Waals surface area (Å²) in [5.41, 5.74) is 3.27. The third-order valence-corrected chi connectivity index (χ3v) is 3.83. The van der Waals surface area contributed by atoms with Gasteiger partial charge in [-0.2, -0.15) is 0 Å². The number of carbonyl (C=O) groups is 1. The van der Waals surface area contributed by atoms with Crippen LogP contribution in [0.15, 0.2) is 66.2 Å². The first kappa shape index (κ1) is 16.0. The van der Waals surface area contributed by atoms with Crippen molar-refractivity contribution in [3.63, 3.8) is 0 Å². The molecule has 1 atom stereocenters. The Balaban J connectivity index is 1.67. The number of ether oxygens (including phenoxy) is 2. The molecule has 1 heterocycles. The third kappa shape index (κ3) is 3.38. The highest BCUT2D eigenvalue weighted by Crippen LogP contribution is 2.24. The van der Waals surface area contributed by atoms with Crippen molar-refractivity contribution in [1.82, 2.24) is 0 Å². The Labute approximate surface area is 141 Å². The van der Waals surface area contributed by atoms with Gasteiger partial charge < -0.3 is 9.47 Å². The van der Waals surface area contributed by atoms with Gasteiger partial charge in [0.1, 0.15) is 6.10 Å². The average Bonchev–Trinajstić information content (AvgIpc) is 3.12. The van der Waals surface area contributed by atoms with Gasteiger partial charge in [-0.3, -0.25) is 0 Å². The third-order valence-electron chi connectivity index (χ3n) is 3.83. The summed E-state index contributed by atoms with van der Waals surface area (Å²) >= 11 is 0. The zero-order chi connectivity index (χ0) is 16.9. The van der Waals surface area contributed by atoms with E-state index in [2.05, 4.69) is 11.6 Å². The molecular formula is C20H19NO3. The number of benzene rings is 2. The summed E-state index contributed by atoms with van der Waals surface area (Å²) in [7, 11) is 0. The minimum absolute atomic E-state index is 0.186. The first-order chi connectivity index (χ1) is 11.7. The summed E-state index contributed by atoms with van der Waals surface area (Å²) in [6, 6.07) is 17.0. The lowest BCUT2D eigenvalue weighted by atomic mass is 10.0. The lowest BCUT2D eigenvalue weighted by molar-refractivity contribution is 0.0526. The van der Waals surface area contributed by atoms with Gasteiger partial charge in [-0.1, -0.05) is 36.9 Å². The molecule has 1 unspecified atom stereocenters. The van der Waals surface area contributed by atoms with E-state index in [-0.39, 0.29) is 12.1 Å². The number of esters is 1. The quantitative estimate of drug-likeness (QED) is 0.789. The lowest BCUT2D eigenvalue weighted by Gasteiger charge is -2.15. The molecular weight excluding hydrogens is 302 g/mol. The van der Waals surface area contributed by atoms with Crippen LogP contribution in [0.3, 0.4) is 0 Å². The van der Waals surface area contributed by atoms with Crippen LogP contribution in [-0.2, 0) is 9.47 Å². The summed E-state index contributed by atoms with van der Waals surface area (Å²) < 4.78 is 10.9. The van der Waals surface area contributed by atoms with Crippen LogP contribution in [0.1, 0.15) is 28.4 Å². The van der Waals surface area contributed by atoms with Crippen LogP contribution in [0.4, 0.5) is 0 Å². The molecule has 0 spiro atoms. The summed E-state index contributed by atoms with van der Waals surface area (Å²) in [4.78, 5) is 16.2. The van der Waals surface area contributed by atoms with Crippen LogP contribution >= 0.6 is 0 Å². The molecule has 0 amide bonds. The van der Waals surface area contributed by atoms with E-state index in [4.69, 9.17) is 9.47 Å². The van der Waals surface area contributed by atoms with Crippen molar-refractivity contribution in [2.24, 2.45) is 4.99 Å². The first-order valence-electron chi connectivity index (χ1n) is 7.92. The molecule has 4 heteroatoms. The van der Waals surface area contributed by atoms with E-state index in [0.29, 0.717) is 24.6 Å². The van der Waals surface area contributed by atoms with Crippen molar-refractivity contribution >= 4 is 17.4 Å². The van der Waals surface area contributed by atoms with Crippen LogP contribution in [0.25, 0.3) is 5.57 Å². The Morgan fingerprint density at radius 2 is 1.83 bits per heavy atom. The summed E-state index contributed by atoms with van der Waals surface area (Å²) in [5, 5.41) is 0. The van der Waals surface area contributed by atoms with E-state index in [1.807, 2.05) is 42.5 Å². The number of rotatable bonds is 5. The zero-order valence-corrected chi connectivity index (χ0v) is 13.6. The fourth-order valence-corrected chi connectivity index (χ4v) is 2.52. The van der Waals surface area contributed by atoms with E-state index < -0.39 is 0 Å². The minimum Gasteiger partial charge on any atom is -0.467 e. The van der Waals surface area contributed by atoms with Crippen molar-refractivity contribution in [3.05, 3.63) is 77.9 Å². The summed E-state index contributed by atoms with van der Waals surface area (Å²) in [6.07, 6.45) is -0.186. The molecule has 1 aliphatic rings. The summed E-state index contributed by atoms with van der Waals surface area (Å²) in [6.45, 7) is 6.83. The monoisotopic (exact) mass is 321 g/mol. The Morgan fingerprint density at radius 1 is 1.17 bits per heavy atom. The Bertz CT molecular complexity index is 763. The second-order valence-electron chi connectivity index (χ2n) is 5.44. The van der Waals surface area contributed by atoms with Gasteiger partial charge in [0.25, 0.3) is 0 Å². The minimum atomic E-state index is -0.318. The van der Waals surface area contributed by atoms with Gasteiger partial charge in [0, 0.05) is 5.56 Å². The second kappa shape index (κ2) is 7.13. The van der Waals surface area contributed by atoms with Crippen molar-refractivity contribution in [3.8, 4) is 0 Å². The van der Waals surface area contributed by atoms with Gasteiger partial charge in [0.2, 0.25) is 5.90 Å². The zero-order valence-electron chi connectivity index (χ0n) is 13.6. The molecule has 2 aromatic rings. The molecule has 0 saturated carbocycles. The molecule has 2 aromatic carbocycles.